The Balaban J connectivity index is 0.00000261. The minimum absolute atomic E-state index is 0. The Morgan fingerprint density at radius 3 is 2.78 bits per heavy atom. The molecule has 0 aliphatic carbocycles. The molecule has 1 aliphatic rings. The lowest BCUT2D eigenvalue weighted by Gasteiger charge is -2.29. The zero-order valence-corrected chi connectivity index (χ0v) is 17.1. The van der Waals surface area contributed by atoms with Gasteiger partial charge in [-0.2, -0.15) is 5.10 Å². The minimum atomic E-state index is 0. The molecule has 1 fully saturated rings. The van der Waals surface area contributed by atoms with E-state index in [9.17, 15) is 4.79 Å². The van der Waals surface area contributed by atoms with Crippen molar-refractivity contribution in [2.24, 2.45) is 0 Å². The summed E-state index contributed by atoms with van der Waals surface area (Å²) in [5.74, 6) is 0.0253. The van der Waals surface area contributed by atoms with E-state index in [2.05, 4.69) is 36.4 Å². The lowest BCUT2D eigenvalue weighted by atomic mass is 10.1. The Morgan fingerprint density at radius 2 is 2.11 bits per heavy atom. The Labute approximate surface area is 168 Å². The molecule has 1 saturated heterocycles. The first-order valence-electron chi connectivity index (χ1n) is 9.82. The second kappa shape index (κ2) is 10.5. The fraction of sp³-hybridized carbons (Fsp3) is 0.524. The fourth-order valence-corrected chi connectivity index (χ4v) is 3.57. The van der Waals surface area contributed by atoms with Gasteiger partial charge in [0.25, 0.3) is 5.91 Å². The number of nitrogens with one attached hydrogen (secondary N) is 1. The van der Waals surface area contributed by atoms with E-state index < -0.39 is 0 Å². The second-order valence-corrected chi connectivity index (χ2v) is 7.12. The Morgan fingerprint density at radius 1 is 1.33 bits per heavy atom. The Bertz CT molecular complexity index is 697. The molecule has 0 radical (unpaired) electrons. The van der Waals surface area contributed by atoms with Crippen molar-refractivity contribution in [1.82, 2.24) is 20.0 Å². The maximum Gasteiger partial charge on any atom is 0.274 e. The lowest BCUT2D eigenvalue weighted by molar-refractivity contribution is 0.0680. The molecule has 6 heteroatoms. The predicted molar refractivity (Wildman–Crippen MR) is 111 cm³/mol. The predicted octanol–water partition coefficient (Wildman–Crippen LogP) is 4.23. The van der Waals surface area contributed by atoms with Gasteiger partial charge in [-0.05, 0) is 44.4 Å². The van der Waals surface area contributed by atoms with Crippen LogP contribution < -0.4 is 5.32 Å². The van der Waals surface area contributed by atoms with Crippen molar-refractivity contribution in [3.63, 3.8) is 0 Å². The van der Waals surface area contributed by atoms with Gasteiger partial charge in [-0.1, -0.05) is 43.7 Å². The lowest BCUT2D eigenvalue weighted by Crippen LogP contribution is -2.35. The summed E-state index contributed by atoms with van der Waals surface area (Å²) in [6, 6.07) is 12.5. The summed E-state index contributed by atoms with van der Waals surface area (Å²) in [4.78, 5) is 15.2. The first-order valence-corrected chi connectivity index (χ1v) is 9.82. The number of carbonyl (C=O) groups is 1. The molecule has 1 amide bonds. The van der Waals surface area contributed by atoms with Gasteiger partial charge >= 0.3 is 0 Å². The highest BCUT2D eigenvalue weighted by Crippen LogP contribution is 2.23. The number of halogens is 1. The van der Waals surface area contributed by atoms with Crippen LogP contribution in [0.2, 0.25) is 0 Å². The van der Waals surface area contributed by atoms with Crippen molar-refractivity contribution in [3.05, 3.63) is 53.9 Å². The second-order valence-electron chi connectivity index (χ2n) is 7.12. The molecule has 2 unspecified atom stereocenters. The third-order valence-corrected chi connectivity index (χ3v) is 5.24. The third-order valence-electron chi connectivity index (χ3n) is 5.24. The maximum atomic E-state index is 13.2. The topological polar surface area (TPSA) is 50.2 Å². The Hall–Kier alpha value is -1.85. The van der Waals surface area contributed by atoms with Crippen molar-refractivity contribution in [3.8, 4) is 0 Å². The molecule has 2 heterocycles. The minimum Gasteiger partial charge on any atom is -0.330 e. The maximum absolute atomic E-state index is 13.2. The largest absolute Gasteiger partial charge is 0.330 e. The zero-order valence-electron chi connectivity index (χ0n) is 16.3. The summed E-state index contributed by atoms with van der Waals surface area (Å²) in [5, 5.41) is 8.03. The number of benzene rings is 1. The highest BCUT2D eigenvalue weighted by Gasteiger charge is 2.25. The van der Waals surface area contributed by atoms with Crippen molar-refractivity contribution >= 4 is 18.3 Å². The third kappa shape index (κ3) is 5.33. The average Bonchev–Trinajstić information content (AvgIpc) is 3.19. The van der Waals surface area contributed by atoms with Crippen LogP contribution in [0.5, 0.6) is 0 Å². The van der Waals surface area contributed by atoms with Crippen LogP contribution in [-0.4, -0.2) is 40.2 Å². The molecular weight excluding hydrogens is 360 g/mol. The molecule has 27 heavy (non-hydrogen) atoms. The summed E-state index contributed by atoms with van der Waals surface area (Å²) in [6.45, 7) is 7.01. The van der Waals surface area contributed by atoms with E-state index in [0.29, 0.717) is 11.7 Å². The molecule has 148 valence electrons. The number of piperidine rings is 1. The molecule has 0 saturated carbocycles. The normalized spacial score (nSPS) is 17.8. The molecule has 5 nitrogen and oxygen atoms in total. The number of aromatic nitrogens is 2. The number of rotatable bonds is 7. The molecule has 1 aromatic heterocycles. The van der Waals surface area contributed by atoms with E-state index in [1.165, 1.54) is 0 Å². The van der Waals surface area contributed by atoms with Crippen molar-refractivity contribution < 1.29 is 4.79 Å². The summed E-state index contributed by atoms with van der Waals surface area (Å²) >= 11 is 0. The van der Waals surface area contributed by atoms with Crippen LogP contribution in [0.3, 0.4) is 0 Å². The number of hydrogen-bond acceptors (Lipinski definition) is 3. The number of unbranched alkanes of at least 4 members (excludes halogenated alkanes) is 1. The summed E-state index contributed by atoms with van der Waals surface area (Å²) in [6.07, 6.45) is 6.28. The van der Waals surface area contributed by atoms with Crippen LogP contribution in [0.25, 0.3) is 0 Å². The first-order chi connectivity index (χ1) is 12.7. The summed E-state index contributed by atoms with van der Waals surface area (Å²) in [7, 11) is 0. The standard InChI is InChI=1S/C21H30N4O.ClH/c1-3-4-14-24(17(2)18-9-6-5-7-10-18)21(26)20-12-15-25(23-20)19-11-8-13-22-16-19;/h5-7,9-10,12,15,17,19,22H,3-4,8,11,13-14,16H2,1-2H3;1H. The molecule has 3 rings (SSSR count). The van der Waals surface area contributed by atoms with E-state index in [4.69, 9.17) is 0 Å². The Kier molecular flexibility index (Phi) is 8.32. The van der Waals surface area contributed by atoms with E-state index >= 15 is 0 Å². The number of hydrogen-bond donors (Lipinski definition) is 1. The van der Waals surface area contributed by atoms with Gasteiger partial charge < -0.3 is 10.2 Å². The monoisotopic (exact) mass is 390 g/mol. The van der Waals surface area contributed by atoms with Crippen LogP contribution in [0, 0.1) is 0 Å². The molecule has 2 atom stereocenters. The molecule has 1 aliphatic heterocycles. The van der Waals surface area contributed by atoms with Gasteiger partial charge in [0.1, 0.15) is 5.69 Å². The average molecular weight is 391 g/mol. The van der Waals surface area contributed by atoms with Gasteiger partial charge in [0.05, 0.1) is 12.1 Å². The SMILES string of the molecule is CCCCN(C(=O)c1ccn(C2CCCNC2)n1)C(C)c1ccccc1.Cl. The van der Waals surface area contributed by atoms with Gasteiger partial charge in [0.15, 0.2) is 0 Å². The number of nitrogens with zero attached hydrogens (tertiary/aromatic N) is 3. The number of amides is 1. The van der Waals surface area contributed by atoms with Gasteiger partial charge in [0, 0.05) is 19.3 Å². The van der Waals surface area contributed by atoms with Crippen LogP contribution in [0.15, 0.2) is 42.6 Å². The fourth-order valence-electron chi connectivity index (χ4n) is 3.57. The van der Waals surface area contributed by atoms with Crippen molar-refractivity contribution in [1.29, 1.82) is 0 Å². The van der Waals surface area contributed by atoms with Gasteiger partial charge in [-0.3, -0.25) is 9.48 Å². The molecule has 0 spiro atoms. The molecule has 2 aromatic rings. The van der Waals surface area contributed by atoms with Crippen LogP contribution in [0.4, 0.5) is 0 Å². The van der Waals surface area contributed by atoms with E-state index in [1.807, 2.05) is 40.0 Å². The van der Waals surface area contributed by atoms with E-state index in [1.54, 1.807) is 0 Å². The van der Waals surface area contributed by atoms with Crippen LogP contribution >= 0.6 is 12.4 Å². The molecule has 0 bridgehead atoms. The van der Waals surface area contributed by atoms with Gasteiger partial charge in [-0.15, -0.1) is 12.4 Å². The first kappa shape index (κ1) is 21.5. The van der Waals surface area contributed by atoms with Crippen molar-refractivity contribution in [2.45, 2.75) is 51.6 Å². The van der Waals surface area contributed by atoms with Crippen LogP contribution in [-0.2, 0) is 0 Å². The van der Waals surface area contributed by atoms with E-state index in [-0.39, 0.29) is 24.4 Å². The summed E-state index contributed by atoms with van der Waals surface area (Å²) in [5.41, 5.74) is 1.71. The van der Waals surface area contributed by atoms with Gasteiger partial charge in [-0.25, -0.2) is 0 Å². The van der Waals surface area contributed by atoms with Crippen LogP contribution in [0.1, 0.15) is 67.7 Å². The zero-order chi connectivity index (χ0) is 18.4. The molecular formula is C21H31ClN4O. The smallest absolute Gasteiger partial charge is 0.274 e. The number of carbonyl (C=O) groups excluding carboxylic acids is 1. The highest BCUT2D eigenvalue weighted by atomic mass is 35.5. The molecule has 1 aromatic carbocycles. The molecule has 1 N–H and O–H groups in total. The van der Waals surface area contributed by atoms with Gasteiger partial charge in [0.2, 0.25) is 0 Å². The van der Waals surface area contributed by atoms with E-state index in [0.717, 1.165) is 50.9 Å². The van der Waals surface area contributed by atoms with Crippen molar-refractivity contribution in [2.75, 3.05) is 19.6 Å². The quantitative estimate of drug-likeness (QED) is 0.769. The highest BCUT2D eigenvalue weighted by molar-refractivity contribution is 5.92. The summed E-state index contributed by atoms with van der Waals surface area (Å²) < 4.78 is 1.96.